The van der Waals surface area contributed by atoms with Gasteiger partial charge >= 0.3 is 0 Å². The lowest BCUT2D eigenvalue weighted by atomic mass is 10.1. The molecule has 0 radical (unpaired) electrons. The van der Waals surface area contributed by atoms with Crippen LogP contribution in [0, 0.1) is 6.92 Å². The number of aromatic nitrogens is 5. The van der Waals surface area contributed by atoms with Crippen LogP contribution >= 0.6 is 11.3 Å². The van der Waals surface area contributed by atoms with Crippen molar-refractivity contribution in [1.82, 2.24) is 24.6 Å². The maximum absolute atomic E-state index is 4.60. The van der Waals surface area contributed by atoms with Crippen LogP contribution in [0.3, 0.4) is 0 Å². The Morgan fingerprint density at radius 2 is 2.05 bits per heavy atom. The second-order valence-corrected chi connectivity index (χ2v) is 5.76. The van der Waals surface area contributed by atoms with Crippen molar-refractivity contribution in [1.29, 1.82) is 0 Å². The molecule has 104 valence electrons. The second kappa shape index (κ2) is 4.82. The van der Waals surface area contributed by atoms with E-state index in [9.17, 15) is 0 Å². The maximum atomic E-state index is 4.60. The Kier molecular flexibility index (Phi) is 2.82. The Labute approximate surface area is 125 Å². The van der Waals surface area contributed by atoms with Gasteiger partial charge in [0.1, 0.15) is 11.5 Å². The summed E-state index contributed by atoms with van der Waals surface area (Å²) in [5.41, 5.74) is 3.20. The molecule has 21 heavy (non-hydrogen) atoms. The maximum Gasteiger partial charge on any atom is 0.199 e. The highest BCUT2D eigenvalue weighted by Crippen LogP contribution is 2.23. The summed E-state index contributed by atoms with van der Waals surface area (Å²) in [6, 6.07) is 10.2. The Hall–Kier alpha value is -2.47. The van der Waals surface area contributed by atoms with Gasteiger partial charge in [0.15, 0.2) is 10.8 Å². The number of thiazole rings is 1. The van der Waals surface area contributed by atoms with Gasteiger partial charge in [-0.25, -0.2) is 9.97 Å². The third-order valence-corrected chi connectivity index (χ3v) is 4.14. The third-order valence-electron chi connectivity index (χ3n) is 3.30. The van der Waals surface area contributed by atoms with E-state index in [1.54, 1.807) is 11.3 Å². The van der Waals surface area contributed by atoms with Gasteiger partial charge < -0.3 is 0 Å². The Morgan fingerprint density at radius 1 is 1.19 bits per heavy atom. The van der Waals surface area contributed by atoms with Crippen LogP contribution in [-0.2, 0) is 6.42 Å². The van der Waals surface area contributed by atoms with Crippen molar-refractivity contribution in [3.8, 4) is 11.5 Å². The van der Waals surface area contributed by atoms with Gasteiger partial charge in [-0.3, -0.25) is 9.50 Å². The van der Waals surface area contributed by atoms with Crippen LogP contribution in [0.2, 0.25) is 0 Å². The molecule has 3 heterocycles. The zero-order chi connectivity index (χ0) is 14.2. The average molecular weight is 295 g/mol. The van der Waals surface area contributed by atoms with Gasteiger partial charge in [0.25, 0.3) is 0 Å². The number of fused-ring (bicyclic) bond motifs is 1. The molecule has 0 aliphatic heterocycles. The molecule has 4 aromatic rings. The molecule has 5 nitrogen and oxygen atoms in total. The molecule has 0 amide bonds. The van der Waals surface area contributed by atoms with E-state index in [0.717, 1.165) is 28.6 Å². The number of benzene rings is 1. The highest BCUT2D eigenvalue weighted by Gasteiger charge is 2.13. The van der Waals surface area contributed by atoms with Gasteiger partial charge in [-0.15, -0.1) is 11.3 Å². The Morgan fingerprint density at radius 3 is 2.90 bits per heavy atom. The summed E-state index contributed by atoms with van der Waals surface area (Å²) < 4.78 is 2.04. The summed E-state index contributed by atoms with van der Waals surface area (Å²) >= 11 is 1.60. The zero-order valence-electron chi connectivity index (χ0n) is 11.4. The number of aromatic amines is 1. The molecule has 0 fully saturated rings. The van der Waals surface area contributed by atoms with Crippen molar-refractivity contribution >= 4 is 16.3 Å². The number of nitrogens with zero attached hydrogens (tertiary/aromatic N) is 4. The molecule has 0 saturated heterocycles. The molecule has 0 bridgehead atoms. The molecule has 0 atom stereocenters. The molecule has 6 heteroatoms. The molecule has 0 unspecified atom stereocenters. The van der Waals surface area contributed by atoms with Gasteiger partial charge in [-0.1, -0.05) is 30.3 Å². The summed E-state index contributed by atoms with van der Waals surface area (Å²) in [6.07, 6.45) is 2.76. The topological polar surface area (TPSA) is 58.9 Å². The Bertz CT molecular complexity index is 887. The van der Waals surface area contributed by atoms with Gasteiger partial charge in [0.2, 0.25) is 0 Å². The fourth-order valence-corrected chi connectivity index (χ4v) is 3.23. The molecule has 1 N–H and O–H groups in total. The summed E-state index contributed by atoms with van der Waals surface area (Å²) in [4.78, 5) is 10.0. The van der Waals surface area contributed by atoms with E-state index in [1.807, 2.05) is 41.1 Å². The average Bonchev–Trinajstić information content (AvgIpc) is 3.15. The van der Waals surface area contributed by atoms with Crippen molar-refractivity contribution in [3.05, 3.63) is 59.0 Å². The Balaban J connectivity index is 1.67. The van der Waals surface area contributed by atoms with Crippen LogP contribution in [0.25, 0.3) is 16.5 Å². The first-order valence-corrected chi connectivity index (χ1v) is 7.56. The van der Waals surface area contributed by atoms with Crippen LogP contribution in [0.5, 0.6) is 0 Å². The number of aryl methyl sites for hydroxylation is 1. The van der Waals surface area contributed by atoms with Gasteiger partial charge in [-0.05, 0) is 12.5 Å². The van der Waals surface area contributed by atoms with E-state index in [1.165, 1.54) is 5.56 Å². The van der Waals surface area contributed by atoms with Crippen molar-refractivity contribution in [2.75, 3.05) is 0 Å². The number of H-pyrrole nitrogens is 1. The molecule has 0 aliphatic rings. The second-order valence-electron chi connectivity index (χ2n) is 4.92. The van der Waals surface area contributed by atoms with Gasteiger partial charge in [0, 0.05) is 18.0 Å². The van der Waals surface area contributed by atoms with Crippen LogP contribution < -0.4 is 0 Å². The fourth-order valence-electron chi connectivity index (χ4n) is 2.34. The zero-order valence-corrected chi connectivity index (χ0v) is 12.3. The van der Waals surface area contributed by atoms with Crippen LogP contribution in [0.15, 0.2) is 41.9 Å². The summed E-state index contributed by atoms with van der Waals surface area (Å²) in [5.74, 6) is 1.58. The summed E-state index contributed by atoms with van der Waals surface area (Å²) in [6.45, 7) is 1.99. The fraction of sp³-hybridized carbons (Fsp3) is 0.133. The largest absolute Gasteiger partial charge is 0.287 e. The first kappa shape index (κ1) is 12.3. The SMILES string of the molecule is Cc1cn2c(-c3n[nH]c(Cc4ccccc4)n3)csc2n1. The molecule has 4 rings (SSSR count). The van der Waals surface area contributed by atoms with Crippen LogP contribution in [0.1, 0.15) is 17.1 Å². The minimum atomic E-state index is 0.713. The highest BCUT2D eigenvalue weighted by atomic mass is 32.1. The van der Waals surface area contributed by atoms with E-state index < -0.39 is 0 Å². The third kappa shape index (κ3) is 2.23. The lowest BCUT2D eigenvalue weighted by Crippen LogP contribution is -1.90. The van der Waals surface area contributed by atoms with Crippen molar-refractivity contribution in [3.63, 3.8) is 0 Å². The lowest BCUT2D eigenvalue weighted by Gasteiger charge is -1.95. The number of hydrogen-bond donors (Lipinski definition) is 1. The monoisotopic (exact) mass is 295 g/mol. The molecule has 0 aliphatic carbocycles. The number of hydrogen-bond acceptors (Lipinski definition) is 4. The first-order chi connectivity index (χ1) is 10.3. The predicted molar refractivity (Wildman–Crippen MR) is 82.4 cm³/mol. The quantitative estimate of drug-likeness (QED) is 0.632. The lowest BCUT2D eigenvalue weighted by molar-refractivity contribution is 0.972. The van der Waals surface area contributed by atoms with E-state index >= 15 is 0 Å². The number of imidazole rings is 1. The molecular weight excluding hydrogens is 282 g/mol. The molecule has 0 saturated carbocycles. The highest BCUT2D eigenvalue weighted by molar-refractivity contribution is 7.15. The number of nitrogens with one attached hydrogen (secondary N) is 1. The van der Waals surface area contributed by atoms with Crippen LogP contribution in [-0.4, -0.2) is 24.6 Å². The van der Waals surface area contributed by atoms with Crippen molar-refractivity contribution in [2.45, 2.75) is 13.3 Å². The van der Waals surface area contributed by atoms with Gasteiger partial charge in [-0.2, -0.15) is 5.10 Å². The minimum absolute atomic E-state index is 0.713. The van der Waals surface area contributed by atoms with E-state index in [-0.39, 0.29) is 0 Å². The number of rotatable bonds is 3. The van der Waals surface area contributed by atoms with Crippen molar-refractivity contribution in [2.24, 2.45) is 0 Å². The van der Waals surface area contributed by atoms with E-state index in [0.29, 0.717) is 5.82 Å². The smallest absolute Gasteiger partial charge is 0.199 e. The summed E-state index contributed by atoms with van der Waals surface area (Å²) in [7, 11) is 0. The van der Waals surface area contributed by atoms with Crippen LogP contribution in [0.4, 0.5) is 0 Å². The summed E-state index contributed by atoms with van der Waals surface area (Å²) in [5, 5.41) is 9.40. The van der Waals surface area contributed by atoms with E-state index in [4.69, 9.17) is 0 Å². The molecular formula is C15H13N5S. The molecule has 1 aromatic carbocycles. The molecule has 0 spiro atoms. The molecule has 3 aromatic heterocycles. The van der Waals surface area contributed by atoms with Gasteiger partial charge in [0.05, 0.1) is 5.69 Å². The van der Waals surface area contributed by atoms with Crippen molar-refractivity contribution < 1.29 is 0 Å². The van der Waals surface area contributed by atoms with E-state index in [2.05, 4.69) is 32.3 Å². The normalized spacial score (nSPS) is 11.3. The predicted octanol–water partition coefficient (Wildman–Crippen LogP) is 3.08. The standard InChI is InChI=1S/C15H13N5S/c1-10-8-20-12(9-21-15(20)16-10)14-17-13(18-19-14)7-11-5-3-2-4-6-11/h2-6,8-9H,7H2,1H3,(H,17,18,19). The minimum Gasteiger partial charge on any atom is -0.287 e. The first-order valence-electron chi connectivity index (χ1n) is 6.68.